The highest BCUT2D eigenvalue weighted by Gasteiger charge is 2.49. The number of nitrogens with one attached hydrogen (secondary N) is 1. The van der Waals surface area contributed by atoms with E-state index in [9.17, 15) is 13.8 Å². The molecule has 2 saturated heterocycles. The molecule has 1 aliphatic carbocycles. The molecular weight excluding hydrogens is 288 g/mol. The smallest absolute Gasteiger partial charge is 0.246 e. The molecule has 21 heavy (non-hydrogen) atoms. The van der Waals surface area contributed by atoms with E-state index in [-0.39, 0.29) is 35.9 Å². The molecule has 0 bridgehead atoms. The molecule has 2 amide bonds. The van der Waals surface area contributed by atoms with Crippen molar-refractivity contribution < 1.29 is 13.8 Å². The second kappa shape index (κ2) is 5.71. The summed E-state index contributed by atoms with van der Waals surface area (Å²) in [4.78, 5) is 27.2. The number of amides is 2. The minimum atomic E-state index is -0.751. The van der Waals surface area contributed by atoms with Crippen LogP contribution in [-0.2, 0) is 20.4 Å². The summed E-state index contributed by atoms with van der Waals surface area (Å²) in [6, 6.07) is -0.612. The lowest BCUT2D eigenvalue weighted by Gasteiger charge is -2.46. The highest BCUT2D eigenvalue weighted by molar-refractivity contribution is 7.85. The van der Waals surface area contributed by atoms with E-state index < -0.39 is 10.8 Å². The molecule has 6 heteroatoms. The van der Waals surface area contributed by atoms with Gasteiger partial charge in [0.1, 0.15) is 12.1 Å². The molecule has 3 rings (SSSR count). The molecule has 2 heterocycles. The van der Waals surface area contributed by atoms with Crippen molar-refractivity contribution in [3.05, 3.63) is 0 Å². The van der Waals surface area contributed by atoms with E-state index in [1.807, 2.05) is 18.7 Å². The Kier molecular flexibility index (Phi) is 4.08. The summed E-state index contributed by atoms with van der Waals surface area (Å²) in [5, 5.41) is 2.95. The Morgan fingerprint density at radius 2 is 1.76 bits per heavy atom. The SMILES string of the molecule is CC(C)C1C(=O)NC(C2CC2)C(=O)N1C1CCS(=O)CC1. The summed E-state index contributed by atoms with van der Waals surface area (Å²) in [6.07, 6.45) is 3.58. The number of carbonyl (C=O) groups is 2. The highest BCUT2D eigenvalue weighted by atomic mass is 32.2. The van der Waals surface area contributed by atoms with Crippen molar-refractivity contribution in [3.63, 3.8) is 0 Å². The van der Waals surface area contributed by atoms with Gasteiger partial charge in [0.25, 0.3) is 0 Å². The fraction of sp³-hybridized carbons (Fsp3) is 0.867. The lowest BCUT2D eigenvalue weighted by atomic mass is 9.92. The van der Waals surface area contributed by atoms with Crippen molar-refractivity contribution in [2.45, 2.75) is 57.7 Å². The van der Waals surface area contributed by atoms with Gasteiger partial charge in [-0.25, -0.2) is 0 Å². The van der Waals surface area contributed by atoms with Crippen LogP contribution in [0.1, 0.15) is 39.5 Å². The number of carbonyl (C=O) groups excluding carboxylic acids is 2. The second-order valence-corrected chi connectivity index (χ2v) is 8.53. The number of hydrogen-bond acceptors (Lipinski definition) is 3. The minimum absolute atomic E-state index is 0.00630. The van der Waals surface area contributed by atoms with E-state index in [4.69, 9.17) is 0 Å². The maximum atomic E-state index is 12.9. The Hall–Kier alpha value is -0.910. The van der Waals surface area contributed by atoms with E-state index >= 15 is 0 Å². The largest absolute Gasteiger partial charge is 0.342 e. The van der Waals surface area contributed by atoms with Crippen LogP contribution in [0.5, 0.6) is 0 Å². The first-order valence-corrected chi connectivity index (χ1v) is 9.45. The molecule has 3 fully saturated rings. The third kappa shape index (κ3) is 2.87. The third-order valence-electron chi connectivity index (χ3n) is 4.86. The maximum Gasteiger partial charge on any atom is 0.246 e. The minimum Gasteiger partial charge on any atom is -0.342 e. The maximum absolute atomic E-state index is 12.9. The molecule has 0 radical (unpaired) electrons. The summed E-state index contributed by atoms with van der Waals surface area (Å²) >= 11 is 0. The first-order chi connectivity index (χ1) is 9.99. The fourth-order valence-electron chi connectivity index (χ4n) is 3.56. The van der Waals surface area contributed by atoms with Crippen molar-refractivity contribution >= 4 is 22.6 Å². The zero-order chi connectivity index (χ0) is 15.1. The van der Waals surface area contributed by atoms with Gasteiger partial charge >= 0.3 is 0 Å². The van der Waals surface area contributed by atoms with Gasteiger partial charge in [0.15, 0.2) is 0 Å². The van der Waals surface area contributed by atoms with Gasteiger partial charge in [-0.15, -0.1) is 0 Å². The van der Waals surface area contributed by atoms with Crippen molar-refractivity contribution in [2.75, 3.05) is 11.5 Å². The van der Waals surface area contributed by atoms with Gasteiger partial charge in [-0.1, -0.05) is 13.8 Å². The van der Waals surface area contributed by atoms with Crippen LogP contribution in [0, 0.1) is 11.8 Å². The number of rotatable bonds is 3. The van der Waals surface area contributed by atoms with Crippen LogP contribution >= 0.6 is 0 Å². The van der Waals surface area contributed by atoms with E-state index in [2.05, 4.69) is 5.32 Å². The van der Waals surface area contributed by atoms with Crippen LogP contribution in [0.2, 0.25) is 0 Å². The van der Waals surface area contributed by atoms with Crippen LogP contribution in [0.15, 0.2) is 0 Å². The van der Waals surface area contributed by atoms with Crippen LogP contribution in [0.4, 0.5) is 0 Å². The molecule has 2 atom stereocenters. The monoisotopic (exact) mass is 312 g/mol. The van der Waals surface area contributed by atoms with Gasteiger partial charge in [-0.3, -0.25) is 13.8 Å². The Morgan fingerprint density at radius 1 is 1.14 bits per heavy atom. The molecule has 1 saturated carbocycles. The Labute approximate surface area is 128 Å². The number of nitrogens with zero attached hydrogens (tertiary/aromatic N) is 1. The predicted octanol–water partition coefficient (Wildman–Crippen LogP) is 0.659. The molecular formula is C15H24N2O3S. The average molecular weight is 312 g/mol. The van der Waals surface area contributed by atoms with Gasteiger partial charge in [0.2, 0.25) is 11.8 Å². The van der Waals surface area contributed by atoms with Gasteiger partial charge < -0.3 is 10.2 Å². The zero-order valence-electron chi connectivity index (χ0n) is 12.7. The topological polar surface area (TPSA) is 66.5 Å². The summed E-state index contributed by atoms with van der Waals surface area (Å²) in [5.41, 5.74) is 0. The summed E-state index contributed by atoms with van der Waals surface area (Å²) in [5.74, 6) is 1.81. The van der Waals surface area contributed by atoms with Crippen LogP contribution < -0.4 is 5.32 Å². The van der Waals surface area contributed by atoms with E-state index in [1.165, 1.54) is 0 Å². The lowest BCUT2D eigenvalue weighted by Crippen LogP contribution is -2.68. The van der Waals surface area contributed by atoms with Crippen molar-refractivity contribution in [3.8, 4) is 0 Å². The van der Waals surface area contributed by atoms with E-state index in [1.54, 1.807) is 0 Å². The van der Waals surface area contributed by atoms with E-state index in [0.29, 0.717) is 17.4 Å². The molecule has 2 aliphatic heterocycles. The summed E-state index contributed by atoms with van der Waals surface area (Å²) < 4.78 is 11.6. The van der Waals surface area contributed by atoms with Crippen LogP contribution in [0.3, 0.4) is 0 Å². The van der Waals surface area contributed by atoms with Crippen LogP contribution in [0.25, 0.3) is 0 Å². The van der Waals surface area contributed by atoms with Crippen molar-refractivity contribution in [1.82, 2.24) is 10.2 Å². The molecule has 1 N–H and O–H groups in total. The Morgan fingerprint density at radius 3 is 2.29 bits per heavy atom. The fourth-order valence-corrected chi connectivity index (χ4v) is 4.84. The van der Waals surface area contributed by atoms with Gasteiger partial charge in [-0.2, -0.15) is 0 Å². The average Bonchev–Trinajstić information content (AvgIpc) is 3.25. The standard InChI is InChI=1S/C15H24N2O3S/c1-9(2)13-14(18)16-12(10-3-4-10)15(19)17(13)11-5-7-21(20)8-6-11/h9-13H,3-8H2,1-2H3,(H,16,18). The highest BCUT2D eigenvalue weighted by Crippen LogP contribution is 2.37. The predicted molar refractivity (Wildman–Crippen MR) is 81.0 cm³/mol. The molecule has 3 aliphatic rings. The Bertz CT molecular complexity index is 466. The Balaban J connectivity index is 1.84. The molecule has 0 aromatic carbocycles. The molecule has 0 aromatic heterocycles. The first kappa shape index (κ1) is 15.0. The molecule has 5 nitrogen and oxygen atoms in total. The second-order valence-electron chi connectivity index (χ2n) is 6.84. The first-order valence-electron chi connectivity index (χ1n) is 7.96. The van der Waals surface area contributed by atoms with E-state index in [0.717, 1.165) is 25.7 Å². The molecule has 2 unspecified atom stereocenters. The molecule has 118 valence electrons. The molecule has 0 aromatic rings. The lowest BCUT2D eigenvalue weighted by molar-refractivity contribution is -0.155. The van der Waals surface area contributed by atoms with Gasteiger partial charge in [0, 0.05) is 28.3 Å². The normalized spacial score (nSPS) is 37.8. The quantitative estimate of drug-likeness (QED) is 0.832. The zero-order valence-corrected chi connectivity index (χ0v) is 13.5. The number of piperazine rings is 1. The van der Waals surface area contributed by atoms with Crippen molar-refractivity contribution in [1.29, 1.82) is 0 Å². The van der Waals surface area contributed by atoms with Crippen molar-refractivity contribution in [2.24, 2.45) is 11.8 Å². The van der Waals surface area contributed by atoms with Gasteiger partial charge in [-0.05, 0) is 37.5 Å². The summed E-state index contributed by atoms with van der Waals surface area (Å²) in [7, 11) is -0.751. The number of hydrogen-bond donors (Lipinski definition) is 1. The summed E-state index contributed by atoms with van der Waals surface area (Å²) in [6.45, 7) is 3.98. The molecule has 0 spiro atoms. The van der Waals surface area contributed by atoms with Crippen LogP contribution in [-0.4, -0.2) is 50.6 Å². The van der Waals surface area contributed by atoms with Gasteiger partial charge in [0.05, 0.1) is 0 Å². The third-order valence-corrected chi connectivity index (χ3v) is 6.24.